The van der Waals surface area contributed by atoms with Gasteiger partial charge in [-0.15, -0.1) is 11.3 Å². The molecule has 0 bridgehead atoms. The van der Waals surface area contributed by atoms with Crippen LogP contribution in [0.5, 0.6) is 11.5 Å². The fourth-order valence-corrected chi connectivity index (χ4v) is 3.71. The van der Waals surface area contributed by atoms with Gasteiger partial charge in [-0.2, -0.15) is 0 Å². The maximum Gasteiger partial charge on any atom is 0.269 e. The average molecular weight is 362 g/mol. The quantitative estimate of drug-likeness (QED) is 0.527. The van der Waals surface area contributed by atoms with E-state index in [4.69, 9.17) is 9.47 Å². The molecule has 0 radical (unpaired) electrons. The van der Waals surface area contributed by atoms with E-state index >= 15 is 0 Å². The zero-order valence-electron chi connectivity index (χ0n) is 13.7. The molecule has 24 heavy (non-hydrogen) atoms. The summed E-state index contributed by atoms with van der Waals surface area (Å²) in [6.07, 6.45) is 1.89. The molecular formula is C17H18N2O3S2. The Labute approximate surface area is 148 Å². The summed E-state index contributed by atoms with van der Waals surface area (Å²) in [7, 11) is 0. The Kier molecular flexibility index (Phi) is 5.11. The first-order chi connectivity index (χ1) is 11.7. The molecule has 0 amide bonds. The number of thiophene rings is 1. The molecule has 0 unspecified atom stereocenters. The summed E-state index contributed by atoms with van der Waals surface area (Å²) in [6, 6.07) is 5.81. The van der Waals surface area contributed by atoms with E-state index < -0.39 is 0 Å². The third-order valence-electron chi connectivity index (χ3n) is 3.45. The lowest BCUT2D eigenvalue weighted by molar-refractivity contribution is 0.288. The third-order valence-corrected chi connectivity index (χ3v) is 5.00. The number of nitrogens with one attached hydrogen (secondary N) is 1. The van der Waals surface area contributed by atoms with E-state index in [1.165, 1.54) is 23.1 Å². The summed E-state index contributed by atoms with van der Waals surface area (Å²) in [5.74, 6) is 1.42. The molecule has 0 spiro atoms. The number of rotatable bonds is 6. The highest BCUT2D eigenvalue weighted by molar-refractivity contribution is 7.98. The van der Waals surface area contributed by atoms with Crippen LogP contribution < -0.4 is 15.0 Å². The minimum atomic E-state index is -0.100. The number of hydrogen-bond acceptors (Lipinski definition) is 6. The average Bonchev–Trinajstić information content (AvgIpc) is 3.01. The Morgan fingerprint density at radius 1 is 1.21 bits per heavy atom. The van der Waals surface area contributed by atoms with Gasteiger partial charge < -0.3 is 14.5 Å². The van der Waals surface area contributed by atoms with Crippen molar-refractivity contribution < 1.29 is 9.47 Å². The van der Waals surface area contributed by atoms with Crippen LogP contribution in [-0.4, -0.2) is 29.4 Å². The predicted molar refractivity (Wildman–Crippen MR) is 99.8 cm³/mol. The molecule has 1 aromatic carbocycles. The molecule has 1 N–H and O–H groups in total. The molecule has 0 atom stereocenters. The molecule has 0 fully saturated rings. The van der Waals surface area contributed by atoms with Crippen LogP contribution in [-0.2, 0) is 0 Å². The number of nitrogens with zero attached hydrogens (tertiary/aromatic N) is 1. The number of thioether (sulfide) groups is 1. The fourth-order valence-electron chi connectivity index (χ4n) is 2.43. The van der Waals surface area contributed by atoms with Gasteiger partial charge in [0.1, 0.15) is 4.70 Å². The Hall–Kier alpha value is -1.99. The van der Waals surface area contributed by atoms with Crippen LogP contribution in [0.1, 0.15) is 13.8 Å². The van der Waals surface area contributed by atoms with E-state index in [-0.39, 0.29) is 5.56 Å². The van der Waals surface area contributed by atoms with Gasteiger partial charge in [0.05, 0.1) is 18.7 Å². The lowest BCUT2D eigenvalue weighted by Gasteiger charge is -2.12. The van der Waals surface area contributed by atoms with Gasteiger partial charge in [0, 0.05) is 10.9 Å². The fraction of sp³-hybridized carbons (Fsp3) is 0.294. The van der Waals surface area contributed by atoms with E-state index in [1.807, 2.05) is 43.7 Å². The second-order valence-corrected chi connectivity index (χ2v) is 6.60. The maximum atomic E-state index is 12.2. The monoisotopic (exact) mass is 362 g/mol. The van der Waals surface area contributed by atoms with Crippen LogP contribution in [0.15, 0.2) is 33.5 Å². The van der Waals surface area contributed by atoms with Gasteiger partial charge in [-0.3, -0.25) is 4.79 Å². The van der Waals surface area contributed by atoms with Crippen LogP contribution >= 0.6 is 23.1 Å². The summed E-state index contributed by atoms with van der Waals surface area (Å²) in [5.41, 5.74) is 2.51. The molecule has 0 aliphatic heterocycles. The Bertz CT molecular complexity index is 918. The summed E-state index contributed by atoms with van der Waals surface area (Å²) in [4.78, 5) is 19.5. The first-order valence-electron chi connectivity index (χ1n) is 7.63. The number of aromatic amines is 1. The molecule has 0 aliphatic rings. The molecule has 0 aliphatic carbocycles. The van der Waals surface area contributed by atoms with Crippen molar-refractivity contribution in [2.24, 2.45) is 0 Å². The third kappa shape index (κ3) is 3.14. The van der Waals surface area contributed by atoms with Gasteiger partial charge >= 0.3 is 0 Å². The van der Waals surface area contributed by atoms with Gasteiger partial charge in [0.25, 0.3) is 5.56 Å². The van der Waals surface area contributed by atoms with Crippen molar-refractivity contribution in [1.82, 2.24) is 9.97 Å². The highest BCUT2D eigenvalue weighted by Crippen LogP contribution is 2.37. The van der Waals surface area contributed by atoms with Gasteiger partial charge in [-0.05, 0) is 37.8 Å². The summed E-state index contributed by atoms with van der Waals surface area (Å²) in [6.45, 7) is 5.02. The van der Waals surface area contributed by atoms with Crippen molar-refractivity contribution in [2.75, 3.05) is 19.5 Å². The number of aromatic nitrogens is 2. The van der Waals surface area contributed by atoms with Crippen LogP contribution in [0.2, 0.25) is 0 Å². The number of ether oxygens (including phenoxy) is 2. The van der Waals surface area contributed by atoms with Crippen LogP contribution in [0.3, 0.4) is 0 Å². The molecule has 126 valence electrons. The van der Waals surface area contributed by atoms with Gasteiger partial charge in [0.2, 0.25) is 0 Å². The lowest BCUT2D eigenvalue weighted by atomic mass is 10.1. The molecule has 3 rings (SSSR count). The van der Waals surface area contributed by atoms with Gasteiger partial charge in [-0.1, -0.05) is 17.8 Å². The van der Waals surface area contributed by atoms with Crippen LogP contribution in [0.25, 0.3) is 21.3 Å². The van der Waals surface area contributed by atoms with E-state index in [9.17, 15) is 4.79 Å². The first-order valence-corrected chi connectivity index (χ1v) is 9.73. The number of benzene rings is 1. The minimum Gasteiger partial charge on any atom is -0.490 e. The number of hydrogen-bond donors (Lipinski definition) is 1. The zero-order chi connectivity index (χ0) is 17.1. The molecular weight excluding hydrogens is 344 g/mol. The SMILES string of the molecule is CCOc1ccc(-c2csc3c(=O)[nH]c(SC)nc23)cc1OCC. The summed E-state index contributed by atoms with van der Waals surface area (Å²) in [5, 5.41) is 2.57. The molecule has 2 aromatic heterocycles. The summed E-state index contributed by atoms with van der Waals surface area (Å²) < 4.78 is 11.9. The van der Waals surface area contributed by atoms with Gasteiger partial charge in [-0.25, -0.2) is 4.98 Å². The largest absolute Gasteiger partial charge is 0.490 e. The van der Waals surface area contributed by atoms with E-state index in [1.54, 1.807) is 0 Å². The molecule has 5 nitrogen and oxygen atoms in total. The van der Waals surface area contributed by atoms with E-state index in [0.717, 1.165) is 22.4 Å². The normalized spacial score (nSPS) is 11.0. The highest BCUT2D eigenvalue weighted by Gasteiger charge is 2.14. The lowest BCUT2D eigenvalue weighted by Crippen LogP contribution is -2.07. The van der Waals surface area contributed by atoms with Gasteiger partial charge in [0.15, 0.2) is 16.7 Å². The van der Waals surface area contributed by atoms with Crippen molar-refractivity contribution in [3.8, 4) is 22.6 Å². The predicted octanol–water partition coefficient (Wildman–Crippen LogP) is 4.17. The van der Waals surface area contributed by atoms with Crippen LogP contribution in [0.4, 0.5) is 0 Å². The Balaban J connectivity index is 2.15. The molecule has 7 heteroatoms. The minimum absolute atomic E-state index is 0.100. The summed E-state index contributed by atoms with van der Waals surface area (Å²) >= 11 is 2.82. The second-order valence-electron chi connectivity index (χ2n) is 4.93. The smallest absolute Gasteiger partial charge is 0.269 e. The molecule has 0 saturated carbocycles. The second kappa shape index (κ2) is 7.27. The highest BCUT2D eigenvalue weighted by atomic mass is 32.2. The van der Waals surface area contributed by atoms with Crippen molar-refractivity contribution in [1.29, 1.82) is 0 Å². The van der Waals surface area contributed by atoms with Crippen molar-refractivity contribution >= 4 is 33.3 Å². The number of H-pyrrole nitrogens is 1. The molecule has 0 saturated heterocycles. The molecule has 3 aromatic rings. The topological polar surface area (TPSA) is 64.2 Å². The first kappa shape index (κ1) is 16.9. The molecule has 2 heterocycles. The Morgan fingerprint density at radius 3 is 2.67 bits per heavy atom. The maximum absolute atomic E-state index is 12.2. The van der Waals surface area contributed by atoms with Crippen molar-refractivity contribution in [2.45, 2.75) is 19.0 Å². The van der Waals surface area contributed by atoms with Crippen molar-refractivity contribution in [3.63, 3.8) is 0 Å². The van der Waals surface area contributed by atoms with Crippen LogP contribution in [0, 0.1) is 0 Å². The van der Waals surface area contributed by atoms with E-state index in [2.05, 4.69) is 9.97 Å². The number of fused-ring (bicyclic) bond motifs is 1. The standard InChI is InChI=1S/C17H18N2O3S2/c1-4-21-12-7-6-10(8-13(12)22-5-2)11-9-24-15-14(11)18-17(23-3)19-16(15)20/h6-9H,4-5H2,1-3H3,(H,18,19,20). The Morgan fingerprint density at radius 2 is 1.96 bits per heavy atom. The zero-order valence-corrected chi connectivity index (χ0v) is 15.3. The van der Waals surface area contributed by atoms with E-state index in [0.29, 0.717) is 28.8 Å². The van der Waals surface area contributed by atoms with Crippen molar-refractivity contribution in [3.05, 3.63) is 33.9 Å².